The number of hydrogen-bond acceptors (Lipinski definition) is 4. The van der Waals surface area contributed by atoms with Gasteiger partial charge in [-0.15, -0.1) is 0 Å². The lowest BCUT2D eigenvalue weighted by molar-refractivity contribution is -0.122. The van der Waals surface area contributed by atoms with E-state index in [1.165, 1.54) is 0 Å². The van der Waals surface area contributed by atoms with Crippen molar-refractivity contribution in [1.29, 1.82) is 0 Å². The van der Waals surface area contributed by atoms with Gasteiger partial charge in [-0.25, -0.2) is 4.79 Å². The van der Waals surface area contributed by atoms with Crippen LogP contribution in [-0.2, 0) is 9.53 Å². The van der Waals surface area contributed by atoms with Gasteiger partial charge in [0, 0.05) is 38.5 Å². The Labute approximate surface area is 94.3 Å². The van der Waals surface area contributed by atoms with E-state index in [1.54, 1.807) is 4.90 Å². The third-order valence-corrected chi connectivity index (χ3v) is 2.94. The van der Waals surface area contributed by atoms with E-state index >= 15 is 0 Å². The van der Waals surface area contributed by atoms with Crippen LogP contribution in [0.15, 0.2) is 0 Å². The minimum Gasteiger partial charge on any atom is -0.425 e. The largest absolute Gasteiger partial charge is 0.425 e. The molecular weight excluding hydrogens is 210 g/mol. The highest BCUT2D eigenvalue weighted by molar-refractivity contribution is 5.81. The molecule has 2 unspecified atom stereocenters. The molecule has 2 heterocycles. The highest BCUT2D eigenvalue weighted by atomic mass is 16.6. The third-order valence-electron chi connectivity index (χ3n) is 2.94. The van der Waals surface area contributed by atoms with Gasteiger partial charge in [-0.1, -0.05) is 6.92 Å². The van der Waals surface area contributed by atoms with E-state index in [-0.39, 0.29) is 17.9 Å². The van der Waals surface area contributed by atoms with E-state index < -0.39 is 6.23 Å². The molecule has 2 fully saturated rings. The number of hydrogen-bond donors (Lipinski definition) is 2. The first kappa shape index (κ1) is 11.2. The molecule has 0 aromatic carbocycles. The van der Waals surface area contributed by atoms with E-state index in [0.717, 1.165) is 13.1 Å². The molecule has 0 bridgehead atoms. The summed E-state index contributed by atoms with van der Waals surface area (Å²) in [4.78, 5) is 24.6. The molecule has 2 N–H and O–H groups in total. The SMILES string of the molecule is CC1CC(OC(=O)N2CCNCC2)NC1=O. The lowest BCUT2D eigenvalue weighted by Gasteiger charge is -2.27. The molecule has 16 heavy (non-hydrogen) atoms. The van der Waals surface area contributed by atoms with Gasteiger partial charge in [0.05, 0.1) is 0 Å². The predicted octanol–water partition coefficient (Wildman–Crippen LogP) is -0.490. The van der Waals surface area contributed by atoms with Gasteiger partial charge in [0.15, 0.2) is 6.23 Å². The van der Waals surface area contributed by atoms with Crippen molar-refractivity contribution in [2.24, 2.45) is 5.92 Å². The minimum atomic E-state index is -0.454. The van der Waals surface area contributed by atoms with Crippen molar-refractivity contribution in [2.75, 3.05) is 26.2 Å². The average molecular weight is 227 g/mol. The summed E-state index contributed by atoms with van der Waals surface area (Å²) in [6, 6.07) is 0. The molecule has 6 nitrogen and oxygen atoms in total. The maximum atomic E-state index is 11.7. The summed E-state index contributed by atoms with van der Waals surface area (Å²) in [5.74, 6) is -0.112. The number of rotatable bonds is 1. The Hall–Kier alpha value is -1.30. The molecule has 0 spiro atoms. The molecular formula is C10H17N3O3. The van der Waals surface area contributed by atoms with Crippen LogP contribution in [0.25, 0.3) is 0 Å². The first-order chi connectivity index (χ1) is 7.66. The number of piperazine rings is 1. The fourth-order valence-electron chi connectivity index (χ4n) is 1.91. The van der Waals surface area contributed by atoms with Crippen molar-refractivity contribution in [2.45, 2.75) is 19.6 Å². The molecule has 0 aliphatic carbocycles. The number of carbonyl (C=O) groups is 2. The van der Waals surface area contributed by atoms with Crippen LogP contribution < -0.4 is 10.6 Å². The Morgan fingerprint density at radius 3 is 2.69 bits per heavy atom. The van der Waals surface area contributed by atoms with Gasteiger partial charge in [0.1, 0.15) is 0 Å². The van der Waals surface area contributed by atoms with Crippen molar-refractivity contribution in [1.82, 2.24) is 15.5 Å². The van der Waals surface area contributed by atoms with Crippen LogP contribution in [0.4, 0.5) is 4.79 Å². The number of nitrogens with one attached hydrogen (secondary N) is 2. The Morgan fingerprint density at radius 2 is 2.12 bits per heavy atom. The molecule has 2 aliphatic rings. The summed E-state index contributed by atoms with van der Waals surface area (Å²) in [5, 5.41) is 5.81. The summed E-state index contributed by atoms with van der Waals surface area (Å²) in [5.41, 5.74) is 0. The zero-order chi connectivity index (χ0) is 11.5. The molecule has 6 heteroatoms. The van der Waals surface area contributed by atoms with Gasteiger partial charge in [0.2, 0.25) is 5.91 Å². The van der Waals surface area contributed by atoms with Gasteiger partial charge >= 0.3 is 6.09 Å². The van der Waals surface area contributed by atoms with Crippen LogP contribution >= 0.6 is 0 Å². The summed E-state index contributed by atoms with van der Waals surface area (Å²) in [6.45, 7) is 4.74. The second-order valence-electron chi connectivity index (χ2n) is 4.25. The number of ether oxygens (including phenoxy) is 1. The molecule has 2 atom stereocenters. The van der Waals surface area contributed by atoms with E-state index in [4.69, 9.17) is 4.74 Å². The lowest BCUT2D eigenvalue weighted by Crippen LogP contribution is -2.48. The molecule has 0 saturated carbocycles. The minimum absolute atomic E-state index is 0.0434. The first-order valence-electron chi connectivity index (χ1n) is 5.63. The van der Waals surface area contributed by atoms with Crippen LogP contribution in [0.3, 0.4) is 0 Å². The second-order valence-corrected chi connectivity index (χ2v) is 4.25. The molecule has 0 aromatic heterocycles. The Kier molecular flexibility index (Phi) is 3.28. The van der Waals surface area contributed by atoms with Crippen molar-refractivity contribution in [3.8, 4) is 0 Å². The van der Waals surface area contributed by atoms with Crippen LogP contribution in [0.5, 0.6) is 0 Å². The molecule has 2 saturated heterocycles. The summed E-state index contributed by atoms with van der Waals surface area (Å²) in [6.07, 6.45) is -0.220. The van der Waals surface area contributed by atoms with E-state index in [2.05, 4.69) is 10.6 Å². The maximum Gasteiger partial charge on any atom is 0.411 e. The highest BCUT2D eigenvalue weighted by Gasteiger charge is 2.32. The van der Waals surface area contributed by atoms with Gasteiger partial charge in [-0.3, -0.25) is 4.79 Å². The van der Waals surface area contributed by atoms with Gasteiger partial charge in [-0.05, 0) is 0 Å². The molecule has 0 aromatic rings. The van der Waals surface area contributed by atoms with Crippen LogP contribution in [0.2, 0.25) is 0 Å². The summed E-state index contributed by atoms with van der Waals surface area (Å²) >= 11 is 0. The van der Waals surface area contributed by atoms with Crippen LogP contribution in [0, 0.1) is 5.92 Å². The highest BCUT2D eigenvalue weighted by Crippen LogP contribution is 2.16. The third kappa shape index (κ3) is 2.44. The van der Waals surface area contributed by atoms with Crippen molar-refractivity contribution < 1.29 is 14.3 Å². The topological polar surface area (TPSA) is 70.7 Å². The first-order valence-corrected chi connectivity index (χ1v) is 5.63. The van der Waals surface area contributed by atoms with E-state index in [0.29, 0.717) is 19.5 Å². The monoisotopic (exact) mass is 227 g/mol. The lowest BCUT2D eigenvalue weighted by atomic mass is 10.1. The van der Waals surface area contributed by atoms with Gasteiger partial charge in [0.25, 0.3) is 0 Å². The fourth-order valence-corrected chi connectivity index (χ4v) is 1.91. The average Bonchev–Trinajstić information content (AvgIpc) is 2.59. The number of amides is 2. The molecule has 90 valence electrons. The standard InChI is InChI=1S/C10H17N3O3/c1-7-6-8(12-9(7)14)16-10(15)13-4-2-11-3-5-13/h7-8,11H,2-6H2,1H3,(H,12,14). The molecule has 0 radical (unpaired) electrons. The Bertz CT molecular complexity index is 289. The van der Waals surface area contributed by atoms with Crippen LogP contribution in [0.1, 0.15) is 13.3 Å². The van der Waals surface area contributed by atoms with Crippen molar-refractivity contribution >= 4 is 12.0 Å². The van der Waals surface area contributed by atoms with Crippen molar-refractivity contribution in [3.05, 3.63) is 0 Å². The normalized spacial score (nSPS) is 30.1. The predicted molar refractivity (Wildman–Crippen MR) is 56.6 cm³/mol. The van der Waals surface area contributed by atoms with Gasteiger partial charge < -0.3 is 20.3 Å². The van der Waals surface area contributed by atoms with Crippen LogP contribution in [-0.4, -0.2) is 49.3 Å². The second kappa shape index (κ2) is 4.69. The quantitative estimate of drug-likeness (QED) is 0.634. The molecule has 2 aliphatic heterocycles. The fraction of sp³-hybridized carbons (Fsp3) is 0.800. The summed E-state index contributed by atoms with van der Waals surface area (Å²) < 4.78 is 5.22. The maximum absolute atomic E-state index is 11.7. The van der Waals surface area contributed by atoms with Gasteiger partial charge in [-0.2, -0.15) is 0 Å². The zero-order valence-electron chi connectivity index (χ0n) is 9.36. The Morgan fingerprint density at radius 1 is 1.44 bits per heavy atom. The molecule has 2 rings (SSSR count). The van der Waals surface area contributed by atoms with Crippen molar-refractivity contribution in [3.63, 3.8) is 0 Å². The zero-order valence-corrected chi connectivity index (χ0v) is 9.36. The smallest absolute Gasteiger partial charge is 0.411 e. The van der Waals surface area contributed by atoms with E-state index in [1.807, 2.05) is 6.92 Å². The Balaban J connectivity index is 1.81. The number of carbonyl (C=O) groups excluding carboxylic acids is 2. The molecule has 2 amide bonds. The summed E-state index contributed by atoms with van der Waals surface area (Å²) in [7, 11) is 0. The van der Waals surface area contributed by atoms with E-state index in [9.17, 15) is 9.59 Å². The number of nitrogens with zero attached hydrogens (tertiary/aromatic N) is 1.